The van der Waals surface area contributed by atoms with Crippen molar-refractivity contribution >= 4 is 5.91 Å². The van der Waals surface area contributed by atoms with E-state index in [1.54, 1.807) is 6.20 Å². The van der Waals surface area contributed by atoms with Crippen molar-refractivity contribution < 1.29 is 4.79 Å². The van der Waals surface area contributed by atoms with E-state index < -0.39 is 0 Å². The molecule has 0 aromatic carbocycles. The van der Waals surface area contributed by atoms with Crippen LogP contribution in [0.5, 0.6) is 0 Å². The Hall–Kier alpha value is -1.45. The zero-order valence-corrected chi connectivity index (χ0v) is 9.45. The minimum absolute atomic E-state index is 0.150. The molecule has 0 spiro atoms. The van der Waals surface area contributed by atoms with Gasteiger partial charge in [-0.25, -0.2) is 4.98 Å². The summed E-state index contributed by atoms with van der Waals surface area (Å²) >= 11 is 0. The number of aromatic nitrogens is 2. The molecule has 0 fully saturated rings. The summed E-state index contributed by atoms with van der Waals surface area (Å²) in [6.45, 7) is 5.92. The molecule has 0 saturated carbocycles. The van der Waals surface area contributed by atoms with Gasteiger partial charge in [-0.3, -0.25) is 9.78 Å². The molecule has 0 bridgehead atoms. The zero-order valence-electron chi connectivity index (χ0n) is 9.45. The molecule has 82 valence electrons. The van der Waals surface area contributed by atoms with Crippen LogP contribution in [0.4, 0.5) is 0 Å². The van der Waals surface area contributed by atoms with Gasteiger partial charge in [0.25, 0.3) is 5.91 Å². The topological polar surface area (TPSA) is 54.9 Å². The van der Waals surface area contributed by atoms with Crippen molar-refractivity contribution in [3.63, 3.8) is 0 Å². The number of nitrogens with zero attached hydrogens (tertiary/aromatic N) is 2. The molecule has 1 aromatic rings. The Bertz CT molecular complexity index is 321. The van der Waals surface area contributed by atoms with Crippen LogP contribution in [0.2, 0.25) is 0 Å². The third-order valence-corrected chi connectivity index (χ3v) is 2.11. The molecule has 1 rings (SSSR count). The van der Waals surface area contributed by atoms with Crippen molar-refractivity contribution in [2.75, 3.05) is 0 Å². The maximum absolute atomic E-state index is 11.6. The van der Waals surface area contributed by atoms with Crippen molar-refractivity contribution in [2.45, 2.75) is 39.7 Å². The van der Waals surface area contributed by atoms with Crippen LogP contribution >= 0.6 is 0 Å². The van der Waals surface area contributed by atoms with E-state index in [4.69, 9.17) is 0 Å². The summed E-state index contributed by atoms with van der Waals surface area (Å²) in [5, 5.41) is 2.88. The first-order chi connectivity index (χ1) is 7.13. The van der Waals surface area contributed by atoms with Crippen LogP contribution in [-0.2, 0) is 0 Å². The van der Waals surface area contributed by atoms with Gasteiger partial charge in [-0.15, -0.1) is 0 Å². The molecule has 0 aliphatic carbocycles. The molecule has 4 heteroatoms. The Labute approximate surface area is 90.1 Å². The molecule has 4 nitrogen and oxygen atoms in total. The van der Waals surface area contributed by atoms with Crippen molar-refractivity contribution in [3.8, 4) is 0 Å². The highest BCUT2D eigenvalue weighted by molar-refractivity contribution is 5.92. The quantitative estimate of drug-likeness (QED) is 0.817. The maximum atomic E-state index is 11.6. The normalized spacial score (nSPS) is 12.2. The van der Waals surface area contributed by atoms with Crippen LogP contribution in [0, 0.1) is 6.92 Å². The van der Waals surface area contributed by atoms with Gasteiger partial charge in [0.2, 0.25) is 0 Å². The summed E-state index contributed by atoms with van der Waals surface area (Å²) in [4.78, 5) is 19.7. The van der Waals surface area contributed by atoms with Gasteiger partial charge in [0.1, 0.15) is 5.69 Å². The summed E-state index contributed by atoms with van der Waals surface area (Å²) in [6, 6.07) is 0.186. The van der Waals surface area contributed by atoms with E-state index in [0.717, 1.165) is 18.5 Å². The van der Waals surface area contributed by atoms with Crippen LogP contribution in [0.3, 0.4) is 0 Å². The lowest BCUT2D eigenvalue weighted by atomic mass is 10.2. The Morgan fingerprint density at radius 2 is 2.20 bits per heavy atom. The van der Waals surface area contributed by atoms with Crippen LogP contribution in [0.15, 0.2) is 12.4 Å². The molecule has 1 N–H and O–H groups in total. The van der Waals surface area contributed by atoms with Crippen molar-refractivity contribution in [3.05, 3.63) is 23.8 Å². The van der Waals surface area contributed by atoms with Gasteiger partial charge in [0, 0.05) is 12.2 Å². The number of hydrogen-bond donors (Lipinski definition) is 1. The van der Waals surface area contributed by atoms with E-state index in [9.17, 15) is 4.79 Å². The van der Waals surface area contributed by atoms with E-state index in [1.165, 1.54) is 6.20 Å². The standard InChI is InChI=1S/C11H17N3O/c1-4-5-8(2)14-11(15)10-7-12-9(3)6-13-10/h6-8H,4-5H2,1-3H3,(H,14,15). The Kier molecular flexibility index (Phi) is 4.21. The maximum Gasteiger partial charge on any atom is 0.271 e. The summed E-state index contributed by atoms with van der Waals surface area (Å²) in [7, 11) is 0. The summed E-state index contributed by atoms with van der Waals surface area (Å²) in [6.07, 6.45) is 5.13. The SMILES string of the molecule is CCCC(C)NC(=O)c1cnc(C)cn1. The molecule has 1 aromatic heterocycles. The number of rotatable bonds is 4. The van der Waals surface area contributed by atoms with Crippen LogP contribution in [-0.4, -0.2) is 21.9 Å². The third kappa shape index (κ3) is 3.65. The Balaban J connectivity index is 2.57. The van der Waals surface area contributed by atoms with Gasteiger partial charge >= 0.3 is 0 Å². The average Bonchev–Trinajstić information content (AvgIpc) is 2.18. The van der Waals surface area contributed by atoms with Gasteiger partial charge in [0.05, 0.1) is 11.9 Å². The molecule has 1 amide bonds. The fourth-order valence-electron chi connectivity index (χ4n) is 1.31. The van der Waals surface area contributed by atoms with E-state index in [2.05, 4.69) is 22.2 Å². The second-order valence-corrected chi connectivity index (χ2v) is 3.71. The molecule has 0 radical (unpaired) electrons. The smallest absolute Gasteiger partial charge is 0.271 e. The lowest BCUT2D eigenvalue weighted by molar-refractivity contribution is 0.0933. The number of carbonyl (C=O) groups is 1. The highest BCUT2D eigenvalue weighted by Crippen LogP contribution is 1.98. The Morgan fingerprint density at radius 1 is 1.47 bits per heavy atom. The fraction of sp³-hybridized carbons (Fsp3) is 0.545. The fourth-order valence-corrected chi connectivity index (χ4v) is 1.31. The van der Waals surface area contributed by atoms with Crippen molar-refractivity contribution in [2.24, 2.45) is 0 Å². The van der Waals surface area contributed by atoms with Crippen LogP contribution < -0.4 is 5.32 Å². The summed E-state index contributed by atoms with van der Waals surface area (Å²) in [5.74, 6) is -0.150. The summed E-state index contributed by atoms with van der Waals surface area (Å²) in [5.41, 5.74) is 1.19. The van der Waals surface area contributed by atoms with Gasteiger partial charge in [-0.05, 0) is 20.3 Å². The molecule has 15 heavy (non-hydrogen) atoms. The van der Waals surface area contributed by atoms with E-state index in [0.29, 0.717) is 5.69 Å². The van der Waals surface area contributed by atoms with Gasteiger partial charge in [-0.1, -0.05) is 13.3 Å². The van der Waals surface area contributed by atoms with Gasteiger partial charge in [0.15, 0.2) is 0 Å². The number of carbonyl (C=O) groups excluding carboxylic acids is 1. The van der Waals surface area contributed by atoms with Crippen LogP contribution in [0.1, 0.15) is 42.9 Å². The number of nitrogens with one attached hydrogen (secondary N) is 1. The minimum Gasteiger partial charge on any atom is -0.348 e. The first kappa shape index (κ1) is 11.6. The first-order valence-corrected chi connectivity index (χ1v) is 5.23. The minimum atomic E-state index is -0.150. The molecular weight excluding hydrogens is 190 g/mol. The second kappa shape index (κ2) is 5.44. The molecule has 0 aliphatic heterocycles. The second-order valence-electron chi connectivity index (χ2n) is 3.71. The monoisotopic (exact) mass is 207 g/mol. The van der Waals surface area contributed by atoms with E-state index in [1.807, 2.05) is 13.8 Å². The molecule has 1 atom stereocenters. The Morgan fingerprint density at radius 3 is 2.73 bits per heavy atom. The first-order valence-electron chi connectivity index (χ1n) is 5.23. The summed E-state index contributed by atoms with van der Waals surface area (Å²) < 4.78 is 0. The van der Waals surface area contributed by atoms with Gasteiger partial charge in [-0.2, -0.15) is 0 Å². The highest BCUT2D eigenvalue weighted by atomic mass is 16.1. The number of amides is 1. The lowest BCUT2D eigenvalue weighted by Crippen LogP contribution is -2.33. The molecule has 0 aliphatic rings. The predicted octanol–water partition coefficient (Wildman–Crippen LogP) is 1.70. The zero-order chi connectivity index (χ0) is 11.3. The molecule has 1 unspecified atom stereocenters. The number of hydrogen-bond acceptors (Lipinski definition) is 3. The predicted molar refractivity (Wildman–Crippen MR) is 58.6 cm³/mol. The number of aryl methyl sites for hydroxylation is 1. The van der Waals surface area contributed by atoms with E-state index >= 15 is 0 Å². The van der Waals surface area contributed by atoms with Crippen LogP contribution in [0.25, 0.3) is 0 Å². The molecule has 1 heterocycles. The van der Waals surface area contributed by atoms with E-state index in [-0.39, 0.29) is 11.9 Å². The van der Waals surface area contributed by atoms with Crippen molar-refractivity contribution in [1.29, 1.82) is 0 Å². The lowest BCUT2D eigenvalue weighted by Gasteiger charge is -2.11. The third-order valence-electron chi connectivity index (χ3n) is 2.11. The largest absolute Gasteiger partial charge is 0.348 e. The molecule has 0 saturated heterocycles. The molecular formula is C11H17N3O. The van der Waals surface area contributed by atoms with Gasteiger partial charge < -0.3 is 5.32 Å². The average molecular weight is 207 g/mol. The highest BCUT2D eigenvalue weighted by Gasteiger charge is 2.10. The van der Waals surface area contributed by atoms with Crippen molar-refractivity contribution in [1.82, 2.24) is 15.3 Å².